The Kier molecular flexibility index (Phi) is 6.16. The second kappa shape index (κ2) is 7.41. The van der Waals surface area contributed by atoms with E-state index in [1.807, 2.05) is 18.5 Å². The van der Waals surface area contributed by atoms with Crippen LogP contribution in [0.5, 0.6) is 0 Å². The molecule has 0 spiro atoms. The highest BCUT2D eigenvalue weighted by molar-refractivity contribution is 5.08. The first-order valence-electron chi connectivity index (χ1n) is 6.46. The lowest BCUT2D eigenvalue weighted by atomic mass is 10.2. The summed E-state index contributed by atoms with van der Waals surface area (Å²) in [5, 5.41) is 3.54. The number of nitrogens with one attached hydrogen (secondary N) is 1. The highest BCUT2D eigenvalue weighted by atomic mass is 15.1. The molecule has 2 atom stereocenters. The fourth-order valence-electron chi connectivity index (χ4n) is 1.61. The zero-order valence-electron chi connectivity index (χ0n) is 11.5. The minimum Gasteiger partial charge on any atom is -0.313 e. The van der Waals surface area contributed by atoms with Crippen molar-refractivity contribution in [3.05, 3.63) is 30.1 Å². The fraction of sp³-hybridized carbons (Fsp3) is 0.643. The van der Waals surface area contributed by atoms with Crippen molar-refractivity contribution in [2.45, 2.75) is 45.8 Å². The van der Waals surface area contributed by atoms with Crippen molar-refractivity contribution in [3.63, 3.8) is 0 Å². The molecule has 1 N–H and O–H groups in total. The Morgan fingerprint density at radius 3 is 2.76 bits per heavy atom. The van der Waals surface area contributed by atoms with Gasteiger partial charge >= 0.3 is 0 Å². The Hall–Kier alpha value is -0.930. The van der Waals surface area contributed by atoms with Crippen molar-refractivity contribution in [1.82, 2.24) is 15.2 Å². The second-order valence-electron chi connectivity index (χ2n) is 4.84. The van der Waals surface area contributed by atoms with Crippen LogP contribution in [-0.4, -0.2) is 35.6 Å². The van der Waals surface area contributed by atoms with Crippen LogP contribution in [-0.2, 0) is 6.54 Å². The van der Waals surface area contributed by atoms with Crippen molar-refractivity contribution in [1.29, 1.82) is 0 Å². The average Bonchev–Trinajstić information content (AvgIpc) is 2.36. The van der Waals surface area contributed by atoms with Crippen LogP contribution in [0.25, 0.3) is 0 Å². The highest BCUT2D eigenvalue weighted by Crippen LogP contribution is 2.04. The first-order chi connectivity index (χ1) is 8.13. The number of rotatable bonds is 7. The molecule has 2 unspecified atom stereocenters. The third-order valence-electron chi connectivity index (χ3n) is 3.28. The van der Waals surface area contributed by atoms with Crippen LogP contribution in [0.2, 0.25) is 0 Å². The molecule has 1 heterocycles. The molecule has 0 fully saturated rings. The van der Waals surface area contributed by atoms with Gasteiger partial charge in [-0.05, 0) is 38.9 Å². The first kappa shape index (κ1) is 14.1. The molecule has 0 saturated heterocycles. The van der Waals surface area contributed by atoms with Gasteiger partial charge in [-0.15, -0.1) is 0 Å². The van der Waals surface area contributed by atoms with Crippen LogP contribution in [0.4, 0.5) is 0 Å². The van der Waals surface area contributed by atoms with E-state index in [1.165, 1.54) is 12.0 Å². The third kappa shape index (κ3) is 5.29. The largest absolute Gasteiger partial charge is 0.313 e. The topological polar surface area (TPSA) is 28.2 Å². The molecule has 17 heavy (non-hydrogen) atoms. The summed E-state index contributed by atoms with van der Waals surface area (Å²) >= 11 is 0. The summed E-state index contributed by atoms with van der Waals surface area (Å²) in [5.41, 5.74) is 1.27. The van der Waals surface area contributed by atoms with E-state index in [-0.39, 0.29) is 0 Å². The summed E-state index contributed by atoms with van der Waals surface area (Å²) in [6.07, 6.45) is 4.93. The van der Waals surface area contributed by atoms with Gasteiger partial charge in [-0.3, -0.25) is 9.88 Å². The van der Waals surface area contributed by atoms with Crippen LogP contribution in [0.1, 0.15) is 32.8 Å². The Morgan fingerprint density at radius 1 is 1.41 bits per heavy atom. The summed E-state index contributed by atoms with van der Waals surface area (Å²) in [6, 6.07) is 5.25. The lowest BCUT2D eigenvalue weighted by Crippen LogP contribution is -2.40. The molecule has 0 bridgehead atoms. The molecular weight excluding hydrogens is 210 g/mol. The molecular formula is C14H25N3. The molecule has 96 valence electrons. The second-order valence-corrected chi connectivity index (χ2v) is 4.84. The van der Waals surface area contributed by atoms with Gasteiger partial charge in [0.1, 0.15) is 0 Å². The van der Waals surface area contributed by atoms with Gasteiger partial charge in [0.25, 0.3) is 0 Å². The number of likely N-dealkylation sites (N-methyl/N-ethyl adjacent to an activating group) is 1. The van der Waals surface area contributed by atoms with Crippen LogP contribution in [0.15, 0.2) is 24.5 Å². The van der Waals surface area contributed by atoms with E-state index in [4.69, 9.17) is 0 Å². The molecule has 1 aromatic heterocycles. The number of hydrogen-bond donors (Lipinski definition) is 1. The zero-order chi connectivity index (χ0) is 12.7. The van der Waals surface area contributed by atoms with E-state index < -0.39 is 0 Å². The average molecular weight is 235 g/mol. The normalized spacial score (nSPS) is 14.9. The van der Waals surface area contributed by atoms with Gasteiger partial charge in [0, 0.05) is 37.6 Å². The van der Waals surface area contributed by atoms with Gasteiger partial charge in [0.05, 0.1) is 0 Å². The summed E-state index contributed by atoms with van der Waals surface area (Å²) in [5.74, 6) is 0. The quantitative estimate of drug-likeness (QED) is 0.786. The van der Waals surface area contributed by atoms with E-state index in [0.29, 0.717) is 12.1 Å². The highest BCUT2D eigenvalue weighted by Gasteiger charge is 2.10. The van der Waals surface area contributed by atoms with Gasteiger partial charge in [-0.1, -0.05) is 13.0 Å². The van der Waals surface area contributed by atoms with E-state index >= 15 is 0 Å². The van der Waals surface area contributed by atoms with E-state index in [9.17, 15) is 0 Å². The first-order valence-corrected chi connectivity index (χ1v) is 6.46. The number of pyridine rings is 1. The van der Waals surface area contributed by atoms with E-state index in [0.717, 1.165) is 13.1 Å². The molecule has 0 aliphatic rings. The molecule has 0 aliphatic heterocycles. The smallest absolute Gasteiger partial charge is 0.0312 e. The molecule has 0 saturated carbocycles. The predicted octanol–water partition coefficient (Wildman–Crippen LogP) is 2.29. The van der Waals surface area contributed by atoms with Gasteiger partial charge in [0.15, 0.2) is 0 Å². The third-order valence-corrected chi connectivity index (χ3v) is 3.28. The van der Waals surface area contributed by atoms with Gasteiger partial charge in [-0.25, -0.2) is 0 Å². The van der Waals surface area contributed by atoms with Gasteiger partial charge in [0.2, 0.25) is 0 Å². The molecule has 0 amide bonds. The summed E-state index contributed by atoms with van der Waals surface area (Å²) in [4.78, 5) is 6.50. The molecule has 0 aromatic carbocycles. The molecule has 0 aliphatic carbocycles. The maximum absolute atomic E-state index is 4.14. The minimum absolute atomic E-state index is 0.532. The summed E-state index contributed by atoms with van der Waals surface area (Å²) in [7, 11) is 2.16. The molecule has 3 heteroatoms. The van der Waals surface area contributed by atoms with E-state index in [2.05, 4.69) is 49.1 Å². The molecule has 0 radical (unpaired) electrons. The SMILES string of the molecule is CCC(C)NCC(C)N(C)Cc1cccnc1. The lowest BCUT2D eigenvalue weighted by Gasteiger charge is -2.26. The standard InChI is InChI=1S/C14H25N3/c1-5-12(2)16-9-13(3)17(4)11-14-7-6-8-15-10-14/h6-8,10,12-13,16H,5,9,11H2,1-4H3. The van der Waals surface area contributed by atoms with Crippen molar-refractivity contribution in [3.8, 4) is 0 Å². The van der Waals surface area contributed by atoms with Crippen molar-refractivity contribution in [2.75, 3.05) is 13.6 Å². The Bertz CT molecular complexity index is 300. The monoisotopic (exact) mass is 235 g/mol. The molecule has 3 nitrogen and oxygen atoms in total. The van der Waals surface area contributed by atoms with Crippen LogP contribution in [0, 0.1) is 0 Å². The maximum Gasteiger partial charge on any atom is 0.0312 e. The Labute approximate surface area is 105 Å². The lowest BCUT2D eigenvalue weighted by molar-refractivity contribution is 0.237. The molecule has 1 aromatic rings. The van der Waals surface area contributed by atoms with E-state index in [1.54, 1.807) is 0 Å². The fourth-order valence-corrected chi connectivity index (χ4v) is 1.61. The number of hydrogen-bond acceptors (Lipinski definition) is 3. The van der Waals surface area contributed by atoms with Crippen LogP contribution in [0.3, 0.4) is 0 Å². The van der Waals surface area contributed by atoms with Crippen molar-refractivity contribution >= 4 is 0 Å². The van der Waals surface area contributed by atoms with Crippen LogP contribution < -0.4 is 5.32 Å². The van der Waals surface area contributed by atoms with Crippen LogP contribution >= 0.6 is 0 Å². The Balaban J connectivity index is 2.34. The van der Waals surface area contributed by atoms with Gasteiger partial charge in [-0.2, -0.15) is 0 Å². The predicted molar refractivity (Wildman–Crippen MR) is 72.9 cm³/mol. The number of nitrogens with zero attached hydrogens (tertiary/aromatic N) is 2. The summed E-state index contributed by atoms with van der Waals surface area (Å²) < 4.78 is 0. The zero-order valence-corrected chi connectivity index (χ0v) is 11.5. The molecule has 1 rings (SSSR count). The minimum atomic E-state index is 0.532. The Morgan fingerprint density at radius 2 is 2.18 bits per heavy atom. The van der Waals surface area contributed by atoms with Gasteiger partial charge < -0.3 is 5.32 Å². The van der Waals surface area contributed by atoms with Crippen molar-refractivity contribution < 1.29 is 0 Å². The number of aromatic nitrogens is 1. The summed E-state index contributed by atoms with van der Waals surface area (Å²) in [6.45, 7) is 8.68. The maximum atomic E-state index is 4.14. The van der Waals surface area contributed by atoms with Crippen molar-refractivity contribution in [2.24, 2.45) is 0 Å².